The van der Waals surface area contributed by atoms with Crippen LogP contribution in [0.5, 0.6) is 5.75 Å². The van der Waals surface area contributed by atoms with E-state index in [1.807, 2.05) is 6.07 Å². The van der Waals surface area contributed by atoms with Crippen LogP contribution in [0.1, 0.15) is 36.2 Å². The number of hydrazone groups is 1. The molecule has 20 heavy (non-hydrogen) atoms. The van der Waals surface area contributed by atoms with Crippen molar-refractivity contribution in [3.63, 3.8) is 0 Å². The zero-order valence-corrected chi connectivity index (χ0v) is 12.1. The van der Waals surface area contributed by atoms with E-state index in [1.54, 1.807) is 11.3 Å². The van der Waals surface area contributed by atoms with Gasteiger partial charge in [0.1, 0.15) is 5.75 Å². The lowest BCUT2D eigenvalue weighted by atomic mass is 9.98. The molecule has 3 nitrogen and oxygen atoms in total. The van der Waals surface area contributed by atoms with Crippen molar-refractivity contribution in [2.24, 2.45) is 5.10 Å². The molecule has 2 atom stereocenters. The third-order valence-electron chi connectivity index (χ3n) is 3.93. The highest BCUT2D eigenvalue weighted by Gasteiger charge is 2.39. The van der Waals surface area contributed by atoms with Gasteiger partial charge >= 0.3 is 0 Å². The summed E-state index contributed by atoms with van der Waals surface area (Å²) in [7, 11) is 0. The predicted molar refractivity (Wildman–Crippen MR) is 81.2 cm³/mol. The normalized spacial score (nSPS) is 23.9. The Bertz CT molecular complexity index is 650. The van der Waals surface area contributed by atoms with E-state index in [9.17, 15) is 0 Å². The molecule has 2 aliphatic heterocycles. The molecule has 0 saturated carbocycles. The molecule has 2 unspecified atom stereocenters. The third-order valence-corrected chi connectivity index (χ3v) is 4.85. The summed E-state index contributed by atoms with van der Waals surface area (Å²) >= 11 is 1.76. The van der Waals surface area contributed by atoms with Gasteiger partial charge in [0.25, 0.3) is 0 Å². The zero-order valence-electron chi connectivity index (χ0n) is 11.3. The van der Waals surface area contributed by atoms with Crippen molar-refractivity contribution in [1.29, 1.82) is 0 Å². The van der Waals surface area contributed by atoms with Gasteiger partial charge in [-0.2, -0.15) is 5.10 Å². The van der Waals surface area contributed by atoms with E-state index in [-0.39, 0.29) is 6.23 Å². The Labute approximate surface area is 122 Å². The Kier molecular flexibility index (Phi) is 2.77. The lowest BCUT2D eigenvalue weighted by molar-refractivity contribution is -0.0188. The van der Waals surface area contributed by atoms with Gasteiger partial charge in [0.15, 0.2) is 6.23 Å². The largest absolute Gasteiger partial charge is 0.469 e. The number of ether oxygens (including phenoxy) is 1. The molecule has 0 fully saturated rings. The van der Waals surface area contributed by atoms with Gasteiger partial charge in [-0.25, -0.2) is 0 Å². The standard InChI is InChI=1S/C16H16N2OS/c1-2-16-18-13(11-6-3-4-7-14(11)19-16)10-12(17-18)15-8-5-9-20-15/h3-9,13,16H,2,10H2,1H3. The lowest BCUT2D eigenvalue weighted by Crippen LogP contribution is -2.39. The van der Waals surface area contributed by atoms with Crippen molar-refractivity contribution in [2.75, 3.05) is 0 Å². The van der Waals surface area contributed by atoms with Crippen molar-refractivity contribution < 1.29 is 4.74 Å². The first-order chi connectivity index (χ1) is 9.86. The predicted octanol–water partition coefficient (Wildman–Crippen LogP) is 4.03. The first-order valence-electron chi connectivity index (χ1n) is 7.02. The highest BCUT2D eigenvalue weighted by Crippen LogP contribution is 2.43. The van der Waals surface area contributed by atoms with Gasteiger partial charge in [-0.05, 0) is 17.5 Å². The molecule has 4 rings (SSSR count). The fourth-order valence-electron chi connectivity index (χ4n) is 2.97. The van der Waals surface area contributed by atoms with E-state index in [0.29, 0.717) is 6.04 Å². The molecule has 1 aromatic heterocycles. The third kappa shape index (κ3) is 1.75. The Morgan fingerprint density at radius 3 is 3.00 bits per heavy atom. The Morgan fingerprint density at radius 1 is 1.30 bits per heavy atom. The van der Waals surface area contributed by atoms with E-state index in [4.69, 9.17) is 9.84 Å². The highest BCUT2D eigenvalue weighted by atomic mass is 32.1. The Morgan fingerprint density at radius 2 is 2.20 bits per heavy atom. The van der Waals surface area contributed by atoms with Crippen LogP contribution < -0.4 is 4.74 Å². The molecule has 0 radical (unpaired) electrons. The minimum absolute atomic E-state index is 0.0485. The van der Waals surface area contributed by atoms with Gasteiger partial charge in [-0.1, -0.05) is 31.2 Å². The number of hydrogen-bond acceptors (Lipinski definition) is 4. The maximum Gasteiger partial charge on any atom is 0.187 e. The summed E-state index contributed by atoms with van der Waals surface area (Å²) in [5.74, 6) is 1.02. The topological polar surface area (TPSA) is 24.8 Å². The van der Waals surface area contributed by atoms with E-state index in [1.165, 1.54) is 16.2 Å². The number of fused-ring (bicyclic) bond motifs is 3. The summed E-state index contributed by atoms with van der Waals surface area (Å²) < 4.78 is 6.08. The summed E-state index contributed by atoms with van der Waals surface area (Å²) in [4.78, 5) is 1.27. The highest BCUT2D eigenvalue weighted by molar-refractivity contribution is 7.12. The van der Waals surface area contributed by atoms with Crippen LogP contribution in [-0.4, -0.2) is 16.9 Å². The molecule has 0 N–H and O–H groups in total. The summed E-state index contributed by atoms with van der Waals surface area (Å²) in [6, 6.07) is 12.9. The Balaban J connectivity index is 1.75. The summed E-state index contributed by atoms with van der Waals surface area (Å²) in [5, 5.41) is 9.10. The molecule has 0 aliphatic carbocycles. The second kappa shape index (κ2) is 4.63. The quantitative estimate of drug-likeness (QED) is 0.832. The number of para-hydroxylation sites is 1. The molecule has 1 aromatic carbocycles. The van der Waals surface area contributed by atoms with Gasteiger partial charge in [0.05, 0.1) is 16.6 Å². The van der Waals surface area contributed by atoms with Crippen LogP contribution in [0.3, 0.4) is 0 Å². The first-order valence-corrected chi connectivity index (χ1v) is 7.90. The molecule has 102 valence electrons. The van der Waals surface area contributed by atoms with Crippen LogP contribution in [-0.2, 0) is 0 Å². The van der Waals surface area contributed by atoms with E-state index < -0.39 is 0 Å². The molecule has 4 heteroatoms. The van der Waals surface area contributed by atoms with Gasteiger partial charge in [-0.3, -0.25) is 5.01 Å². The van der Waals surface area contributed by atoms with Crippen LogP contribution in [0.4, 0.5) is 0 Å². The fraction of sp³-hybridized carbons (Fsp3) is 0.312. The number of hydrogen-bond donors (Lipinski definition) is 0. The van der Waals surface area contributed by atoms with Gasteiger partial charge in [-0.15, -0.1) is 11.3 Å². The van der Waals surface area contributed by atoms with Crippen LogP contribution in [0, 0.1) is 0 Å². The monoisotopic (exact) mass is 284 g/mol. The maximum absolute atomic E-state index is 6.08. The number of benzene rings is 1. The molecule has 2 aromatic rings. The van der Waals surface area contributed by atoms with Crippen molar-refractivity contribution >= 4 is 17.0 Å². The summed E-state index contributed by atoms with van der Waals surface area (Å²) in [6.07, 6.45) is 1.95. The summed E-state index contributed by atoms with van der Waals surface area (Å²) in [6.45, 7) is 2.15. The van der Waals surface area contributed by atoms with Crippen molar-refractivity contribution in [3.05, 3.63) is 52.2 Å². The van der Waals surface area contributed by atoms with Crippen LogP contribution in [0.15, 0.2) is 46.9 Å². The zero-order chi connectivity index (χ0) is 13.5. The molecular formula is C16H16N2OS. The van der Waals surface area contributed by atoms with Crippen LogP contribution in [0.25, 0.3) is 0 Å². The number of thiophene rings is 1. The fourth-order valence-corrected chi connectivity index (χ4v) is 3.69. The Hall–Kier alpha value is -1.81. The van der Waals surface area contributed by atoms with Gasteiger partial charge in [0.2, 0.25) is 0 Å². The van der Waals surface area contributed by atoms with Crippen molar-refractivity contribution in [2.45, 2.75) is 32.0 Å². The molecule has 0 bridgehead atoms. The molecule has 2 aliphatic rings. The number of nitrogens with zero attached hydrogens (tertiary/aromatic N) is 2. The van der Waals surface area contributed by atoms with Crippen LogP contribution in [0.2, 0.25) is 0 Å². The molecule has 0 saturated heterocycles. The molecule has 3 heterocycles. The average Bonchev–Trinajstić information content (AvgIpc) is 3.15. The SMILES string of the molecule is CCC1Oc2ccccc2C2CC(c3cccs3)=NN12. The number of rotatable bonds is 2. The van der Waals surface area contributed by atoms with Crippen molar-refractivity contribution in [1.82, 2.24) is 5.01 Å². The van der Waals surface area contributed by atoms with E-state index >= 15 is 0 Å². The molecule has 0 amide bonds. The smallest absolute Gasteiger partial charge is 0.187 e. The molecule has 0 spiro atoms. The first kappa shape index (κ1) is 12.0. The van der Waals surface area contributed by atoms with Gasteiger partial charge in [0, 0.05) is 18.4 Å². The van der Waals surface area contributed by atoms with E-state index in [0.717, 1.165) is 18.6 Å². The summed E-state index contributed by atoms with van der Waals surface area (Å²) in [5.41, 5.74) is 2.44. The van der Waals surface area contributed by atoms with E-state index in [2.05, 4.69) is 47.6 Å². The van der Waals surface area contributed by atoms with Crippen LogP contribution >= 0.6 is 11.3 Å². The lowest BCUT2D eigenvalue weighted by Gasteiger charge is -2.37. The minimum atomic E-state index is 0.0485. The average molecular weight is 284 g/mol. The van der Waals surface area contributed by atoms with Crippen molar-refractivity contribution in [3.8, 4) is 5.75 Å². The van der Waals surface area contributed by atoms with Gasteiger partial charge < -0.3 is 4.74 Å². The second-order valence-corrected chi connectivity index (χ2v) is 6.09. The molecular weight excluding hydrogens is 268 g/mol. The maximum atomic E-state index is 6.08. The second-order valence-electron chi connectivity index (χ2n) is 5.14. The minimum Gasteiger partial charge on any atom is -0.469 e.